The Balaban J connectivity index is 1.92. The molecular weight excluding hydrogens is 250 g/mol. The molecule has 4 rings (SSSR count). The lowest BCUT2D eigenvalue weighted by atomic mass is 10.1. The van der Waals surface area contributed by atoms with Gasteiger partial charge in [0, 0.05) is 11.1 Å². The standard InChI is InChI=1S/C16H13N3O/c1-2-6-12(7-3-1)16-15-11-20-10-13-8-4-5-9-14(13)19(15)18-17-16/h1-9H,10-11H2. The maximum Gasteiger partial charge on any atom is 0.119 e. The van der Waals surface area contributed by atoms with Gasteiger partial charge in [0.2, 0.25) is 0 Å². The van der Waals surface area contributed by atoms with Gasteiger partial charge < -0.3 is 4.74 Å². The number of rotatable bonds is 1. The summed E-state index contributed by atoms with van der Waals surface area (Å²) in [6.45, 7) is 1.12. The molecule has 0 unspecified atom stereocenters. The summed E-state index contributed by atoms with van der Waals surface area (Å²) < 4.78 is 7.66. The molecule has 0 radical (unpaired) electrons. The van der Waals surface area contributed by atoms with Crippen LogP contribution >= 0.6 is 0 Å². The van der Waals surface area contributed by atoms with Crippen LogP contribution in [0, 0.1) is 0 Å². The van der Waals surface area contributed by atoms with Crippen LogP contribution in [0.4, 0.5) is 0 Å². The van der Waals surface area contributed by atoms with E-state index in [0.717, 1.165) is 28.2 Å². The second kappa shape index (κ2) is 4.58. The number of para-hydroxylation sites is 1. The van der Waals surface area contributed by atoms with Crippen molar-refractivity contribution in [2.75, 3.05) is 0 Å². The van der Waals surface area contributed by atoms with Crippen molar-refractivity contribution in [3.8, 4) is 16.9 Å². The quantitative estimate of drug-likeness (QED) is 0.677. The number of hydrogen-bond donors (Lipinski definition) is 0. The minimum absolute atomic E-state index is 0.520. The lowest BCUT2D eigenvalue weighted by Crippen LogP contribution is -2.02. The van der Waals surface area contributed by atoms with Crippen LogP contribution in [0.1, 0.15) is 11.3 Å². The minimum atomic E-state index is 0.520. The molecule has 4 heteroatoms. The first-order valence-corrected chi connectivity index (χ1v) is 6.59. The van der Waals surface area contributed by atoms with Crippen LogP contribution in [0.2, 0.25) is 0 Å². The van der Waals surface area contributed by atoms with E-state index in [1.54, 1.807) is 0 Å². The number of benzene rings is 2. The van der Waals surface area contributed by atoms with Crippen LogP contribution in [-0.4, -0.2) is 15.0 Å². The lowest BCUT2D eigenvalue weighted by Gasteiger charge is -2.05. The molecule has 98 valence electrons. The maximum atomic E-state index is 5.77. The van der Waals surface area contributed by atoms with E-state index in [1.807, 2.05) is 47.1 Å². The topological polar surface area (TPSA) is 39.9 Å². The molecule has 1 aliphatic heterocycles. The molecule has 2 heterocycles. The normalized spacial score (nSPS) is 13.4. The third kappa shape index (κ3) is 1.73. The van der Waals surface area contributed by atoms with Gasteiger partial charge in [-0.1, -0.05) is 53.7 Å². The summed E-state index contributed by atoms with van der Waals surface area (Å²) in [5, 5.41) is 8.66. The van der Waals surface area contributed by atoms with Gasteiger partial charge in [-0.05, 0) is 6.07 Å². The molecule has 4 nitrogen and oxygen atoms in total. The van der Waals surface area contributed by atoms with Gasteiger partial charge in [0.15, 0.2) is 0 Å². The Kier molecular flexibility index (Phi) is 2.60. The van der Waals surface area contributed by atoms with Gasteiger partial charge in [-0.2, -0.15) is 0 Å². The summed E-state index contributed by atoms with van der Waals surface area (Å²) in [5.41, 5.74) is 5.14. The molecule has 0 aliphatic carbocycles. The third-order valence-corrected chi connectivity index (χ3v) is 3.53. The van der Waals surface area contributed by atoms with Crippen molar-refractivity contribution < 1.29 is 4.74 Å². The van der Waals surface area contributed by atoms with Crippen LogP contribution in [0.25, 0.3) is 16.9 Å². The van der Waals surface area contributed by atoms with Crippen molar-refractivity contribution in [3.63, 3.8) is 0 Å². The van der Waals surface area contributed by atoms with Gasteiger partial charge in [-0.15, -0.1) is 5.10 Å². The number of hydrogen-bond acceptors (Lipinski definition) is 3. The van der Waals surface area contributed by atoms with E-state index < -0.39 is 0 Å². The molecule has 1 aliphatic rings. The molecular formula is C16H13N3O. The predicted molar refractivity (Wildman–Crippen MR) is 75.3 cm³/mol. The summed E-state index contributed by atoms with van der Waals surface area (Å²) in [7, 11) is 0. The molecule has 0 saturated carbocycles. The molecule has 3 aromatic rings. The van der Waals surface area contributed by atoms with Crippen LogP contribution in [0.5, 0.6) is 0 Å². The molecule has 1 aromatic heterocycles. The van der Waals surface area contributed by atoms with Crippen molar-refractivity contribution >= 4 is 0 Å². The van der Waals surface area contributed by atoms with Crippen LogP contribution < -0.4 is 0 Å². The molecule has 0 N–H and O–H groups in total. The highest BCUT2D eigenvalue weighted by atomic mass is 16.5. The largest absolute Gasteiger partial charge is 0.370 e. The Morgan fingerprint density at radius 1 is 0.900 bits per heavy atom. The zero-order valence-corrected chi connectivity index (χ0v) is 10.9. The molecule has 20 heavy (non-hydrogen) atoms. The van der Waals surface area contributed by atoms with Gasteiger partial charge in [0.1, 0.15) is 5.69 Å². The fourth-order valence-electron chi connectivity index (χ4n) is 2.54. The highest BCUT2D eigenvalue weighted by Crippen LogP contribution is 2.28. The summed E-state index contributed by atoms with van der Waals surface area (Å²) >= 11 is 0. The van der Waals surface area contributed by atoms with Crippen molar-refractivity contribution in [1.82, 2.24) is 15.0 Å². The SMILES string of the molecule is c1ccc(-c2nnn3c2COCc2ccccc2-3)cc1. The Hall–Kier alpha value is -2.46. The summed E-state index contributed by atoms with van der Waals surface area (Å²) in [4.78, 5) is 0. The van der Waals surface area contributed by atoms with Crippen LogP contribution in [-0.2, 0) is 18.0 Å². The van der Waals surface area contributed by atoms with E-state index in [1.165, 1.54) is 0 Å². The first-order chi connectivity index (χ1) is 9.93. The van der Waals surface area contributed by atoms with Crippen molar-refractivity contribution in [3.05, 3.63) is 65.9 Å². The van der Waals surface area contributed by atoms with E-state index in [-0.39, 0.29) is 0 Å². The highest BCUT2D eigenvalue weighted by Gasteiger charge is 2.20. The highest BCUT2D eigenvalue weighted by molar-refractivity contribution is 5.62. The Labute approximate surface area is 116 Å². The van der Waals surface area contributed by atoms with Crippen LogP contribution in [0.15, 0.2) is 54.6 Å². The number of fused-ring (bicyclic) bond motifs is 3. The first kappa shape index (κ1) is 11.4. The molecule has 0 spiro atoms. The van der Waals surface area contributed by atoms with E-state index >= 15 is 0 Å². The zero-order chi connectivity index (χ0) is 13.4. The van der Waals surface area contributed by atoms with Crippen molar-refractivity contribution in [2.45, 2.75) is 13.2 Å². The zero-order valence-electron chi connectivity index (χ0n) is 10.9. The number of ether oxygens (including phenoxy) is 1. The predicted octanol–water partition coefficient (Wildman–Crippen LogP) is 2.96. The number of nitrogens with zero attached hydrogens (tertiary/aromatic N) is 3. The monoisotopic (exact) mass is 263 g/mol. The van der Waals surface area contributed by atoms with E-state index in [9.17, 15) is 0 Å². The lowest BCUT2D eigenvalue weighted by molar-refractivity contribution is 0.108. The minimum Gasteiger partial charge on any atom is -0.370 e. The average molecular weight is 263 g/mol. The van der Waals surface area contributed by atoms with E-state index in [4.69, 9.17) is 4.74 Å². The average Bonchev–Trinajstić information content (AvgIpc) is 2.84. The fraction of sp³-hybridized carbons (Fsp3) is 0.125. The second-order valence-electron chi connectivity index (χ2n) is 4.78. The molecule has 0 fully saturated rings. The van der Waals surface area contributed by atoms with Crippen molar-refractivity contribution in [1.29, 1.82) is 0 Å². The molecule has 0 saturated heterocycles. The fourth-order valence-corrected chi connectivity index (χ4v) is 2.54. The summed E-state index contributed by atoms with van der Waals surface area (Å²) in [6.07, 6.45) is 0. The third-order valence-electron chi connectivity index (χ3n) is 3.53. The summed E-state index contributed by atoms with van der Waals surface area (Å²) in [6, 6.07) is 18.2. The van der Waals surface area contributed by atoms with Gasteiger partial charge in [0.05, 0.1) is 24.6 Å². The second-order valence-corrected chi connectivity index (χ2v) is 4.78. The molecule has 0 bridgehead atoms. The maximum absolute atomic E-state index is 5.77. The number of aromatic nitrogens is 3. The van der Waals surface area contributed by atoms with Gasteiger partial charge >= 0.3 is 0 Å². The van der Waals surface area contributed by atoms with E-state index in [0.29, 0.717) is 13.2 Å². The Bertz CT molecular complexity index is 749. The van der Waals surface area contributed by atoms with Gasteiger partial charge in [-0.25, -0.2) is 4.68 Å². The van der Waals surface area contributed by atoms with E-state index in [2.05, 4.69) is 22.4 Å². The van der Waals surface area contributed by atoms with Crippen molar-refractivity contribution in [2.24, 2.45) is 0 Å². The Morgan fingerprint density at radius 3 is 2.60 bits per heavy atom. The molecule has 0 amide bonds. The van der Waals surface area contributed by atoms with Crippen LogP contribution in [0.3, 0.4) is 0 Å². The smallest absolute Gasteiger partial charge is 0.119 e. The van der Waals surface area contributed by atoms with Gasteiger partial charge in [0.25, 0.3) is 0 Å². The molecule has 2 aromatic carbocycles. The summed E-state index contributed by atoms with van der Waals surface area (Å²) in [5.74, 6) is 0. The molecule has 0 atom stereocenters. The Morgan fingerprint density at radius 2 is 1.70 bits per heavy atom. The first-order valence-electron chi connectivity index (χ1n) is 6.59. The van der Waals surface area contributed by atoms with Gasteiger partial charge in [-0.3, -0.25) is 0 Å².